The SMILES string of the molecule is Cc1cc(Cl)ccc1NC(=O)Cc1ccc(N)cn1. The average Bonchev–Trinajstić information content (AvgIpc) is 2.36. The Balaban J connectivity index is 2.03. The molecule has 3 N–H and O–H groups in total. The molecule has 1 aromatic heterocycles. The van der Waals surface area contributed by atoms with Crippen molar-refractivity contribution in [1.29, 1.82) is 0 Å². The molecule has 0 saturated heterocycles. The number of rotatable bonds is 3. The van der Waals surface area contributed by atoms with Gasteiger partial charge in [-0.25, -0.2) is 0 Å². The van der Waals surface area contributed by atoms with E-state index in [0.29, 0.717) is 16.4 Å². The smallest absolute Gasteiger partial charge is 0.230 e. The van der Waals surface area contributed by atoms with E-state index in [2.05, 4.69) is 10.3 Å². The summed E-state index contributed by atoms with van der Waals surface area (Å²) in [6.07, 6.45) is 1.75. The van der Waals surface area contributed by atoms with Crippen LogP contribution in [0, 0.1) is 6.92 Å². The number of hydrogen-bond donors (Lipinski definition) is 2. The summed E-state index contributed by atoms with van der Waals surface area (Å²) in [7, 11) is 0. The second-order valence-electron chi connectivity index (χ2n) is 4.27. The Bertz CT molecular complexity index is 596. The Morgan fingerprint density at radius 3 is 2.79 bits per heavy atom. The minimum atomic E-state index is -0.123. The zero-order valence-corrected chi connectivity index (χ0v) is 11.2. The Kier molecular flexibility index (Phi) is 4.02. The van der Waals surface area contributed by atoms with Crippen LogP contribution in [-0.2, 0) is 11.2 Å². The normalized spacial score (nSPS) is 10.2. The van der Waals surface area contributed by atoms with Gasteiger partial charge < -0.3 is 11.1 Å². The van der Waals surface area contributed by atoms with Crippen LogP contribution in [-0.4, -0.2) is 10.9 Å². The third-order valence-electron chi connectivity index (χ3n) is 2.65. The van der Waals surface area contributed by atoms with Crippen molar-refractivity contribution in [2.75, 3.05) is 11.1 Å². The number of aryl methyl sites for hydroxylation is 1. The van der Waals surface area contributed by atoms with Crippen LogP contribution >= 0.6 is 11.6 Å². The molecule has 0 aliphatic heterocycles. The molecule has 5 heteroatoms. The Hall–Kier alpha value is -2.07. The molecule has 0 bridgehead atoms. The maximum absolute atomic E-state index is 11.9. The summed E-state index contributed by atoms with van der Waals surface area (Å²) < 4.78 is 0. The lowest BCUT2D eigenvalue weighted by atomic mass is 10.2. The molecule has 1 amide bonds. The predicted molar refractivity (Wildman–Crippen MR) is 77.2 cm³/mol. The van der Waals surface area contributed by atoms with Crippen molar-refractivity contribution in [3.63, 3.8) is 0 Å². The van der Waals surface area contributed by atoms with Gasteiger partial charge >= 0.3 is 0 Å². The molecule has 0 aliphatic carbocycles. The van der Waals surface area contributed by atoms with Gasteiger partial charge in [0.05, 0.1) is 18.3 Å². The Labute approximate surface area is 116 Å². The van der Waals surface area contributed by atoms with Crippen LogP contribution in [0.1, 0.15) is 11.3 Å². The van der Waals surface area contributed by atoms with Gasteiger partial charge in [-0.05, 0) is 42.8 Å². The number of carbonyl (C=O) groups excluding carboxylic acids is 1. The van der Waals surface area contributed by atoms with Gasteiger partial charge in [-0.15, -0.1) is 0 Å². The number of nitrogens with one attached hydrogen (secondary N) is 1. The number of nitrogens with zero attached hydrogens (tertiary/aromatic N) is 1. The third kappa shape index (κ3) is 3.69. The van der Waals surface area contributed by atoms with Gasteiger partial charge in [0.25, 0.3) is 0 Å². The van der Waals surface area contributed by atoms with Crippen molar-refractivity contribution >= 4 is 28.9 Å². The fourth-order valence-electron chi connectivity index (χ4n) is 1.67. The summed E-state index contributed by atoms with van der Waals surface area (Å²) in [5.74, 6) is -0.123. The standard InChI is InChI=1S/C14H14ClN3O/c1-9-6-10(15)2-5-13(9)18-14(19)7-12-4-3-11(16)8-17-12/h2-6,8H,7,16H2,1H3,(H,18,19). The van der Waals surface area contributed by atoms with E-state index in [1.165, 1.54) is 6.20 Å². The molecule has 19 heavy (non-hydrogen) atoms. The van der Waals surface area contributed by atoms with Gasteiger partial charge in [-0.2, -0.15) is 0 Å². The highest BCUT2D eigenvalue weighted by molar-refractivity contribution is 6.30. The summed E-state index contributed by atoms with van der Waals surface area (Å²) >= 11 is 5.86. The number of halogens is 1. The summed E-state index contributed by atoms with van der Waals surface area (Å²) in [6.45, 7) is 1.89. The Morgan fingerprint density at radius 2 is 2.16 bits per heavy atom. The maximum Gasteiger partial charge on any atom is 0.230 e. The first kappa shape index (κ1) is 13.4. The van der Waals surface area contributed by atoms with Crippen molar-refractivity contribution in [3.8, 4) is 0 Å². The lowest BCUT2D eigenvalue weighted by molar-refractivity contribution is -0.115. The minimum Gasteiger partial charge on any atom is -0.397 e. The molecule has 0 spiro atoms. The first-order valence-electron chi connectivity index (χ1n) is 5.81. The summed E-state index contributed by atoms with van der Waals surface area (Å²) in [4.78, 5) is 16.0. The summed E-state index contributed by atoms with van der Waals surface area (Å²) in [6, 6.07) is 8.79. The molecule has 0 saturated carbocycles. The van der Waals surface area contributed by atoms with E-state index in [-0.39, 0.29) is 12.3 Å². The van der Waals surface area contributed by atoms with Crippen LogP contribution in [0.15, 0.2) is 36.5 Å². The van der Waals surface area contributed by atoms with Gasteiger partial charge in [0.15, 0.2) is 0 Å². The number of anilines is 2. The molecule has 2 aromatic rings. The molecule has 4 nitrogen and oxygen atoms in total. The summed E-state index contributed by atoms with van der Waals surface area (Å²) in [5.41, 5.74) is 8.48. The number of amides is 1. The van der Waals surface area contributed by atoms with Gasteiger partial charge in [0.1, 0.15) is 0 Å². The van der Waals surface area contributed by atoms with E-state index in [0.717, 1.165) is 11.3 Å². The highest BCUT2D eigenvalue weighted by Crippen LogP contribution is 2.19. The van der Waals surface area contributed by atoms with Crippen LogP contribution in [0.25, 0.3) is 0 Å². The number of nitrogen functional groups attached to an aromatic ring is 1. The van der Waals surface area contributed by atoms with E-state index in [4.69, 9.17) is 17.3 Å². The Morgan fingerprint density at radius 1 is 1.37 bits per heavy atom. The number of benzene rings is 1. The third-order valence-corrected chi connectivity index (χ3v) is 2.89. The maximum atomic E-state index is 11.9. The largest absolute Gasteiger partial charge is 0.397 e. The number of carbonyl (C=O) groups is 1. The van der Waals surface area contributed by atoms with Crippen molar-refractivity contribution in [2.24, 2.45) is 0 Å². The lowest BCUT2D eigenvalue weighted by Gasteiger charge is -2.08. The topological polar surface area (TPSA) is 68.0 Å². The molecule has 1 heterocycles. The number of aromatic nitrogens is 1. The first-order valence-corrected chi connectivity index (χ1v) is 6.19. The number of pyridine rings is 1. The van der Waals surface area contributed by atoms with E-state index in [9.17, 15) is 4.79 Å². The van der Waals surface area contributed by atoms with Crippen molar-refractivity contribution in [1.82, 2.24) is 4.98 Å². The molecule has 0 radical (unpaired) electrons. The summed E-state index contributed by atoms with van der Waals surface area (Å²) in [5, 5.41) is 3.48. The molecule has 0 aliphatic rings. The van der Waals surface area contributed by atoms with Gasteiger partial charge in [0.2, 0.25) is 5.91 Å². The molecule has 2 rings (SSSR count). The molecule has 0 atom stereocenters. The average molecular weight is 276 g/mol. The van der Waals surface area contributed by atoms with E-state index in [1.54, 1.807) is 30.3 Å². The van der Waals surface area contributed by atoms with Crippen LogP contribution in [0.2, 0.25) is 5.02 Å². The quantitative estimate of drug-likeness (QED) is 0.905. The van der Waals surface area contributed by atoms with Crippen molar-refractivity contribution in [2.45, 2.75) is 13.3 Å². The highest BCUT2D eigenvalue weighted by Gasteiger charge is 2.07. The van der Waals surface area contributed by atoms with Gasteiger partial charge in [0, 0.05) is 16.4 Å². The van der Waals surface area contributed by atoms with Crippen LogP contribution in [0.3, 0.4) is 0 Å². The molecule has 0 fully saturated rings. The number of hydrogen-bond acceptors (Lipinski definition) is 3. The zero-order chi connectivity index (χ0) is 13.8. The second kappa shape index (κ2) is 5.71. The zero-order valence-electron chi connectivity index (χ0n) is 10.5. The first-order chi connectivity index (χ1) is 9.04. The van der Waals surface area contributed by atoms with E-state index >= 15 is 0 Å². The molecule has 1 aromatic carbocycles. The van der Waals surface area contributed by atoms with Gasteiger partial charge in [-0.3, -0.25) is 9.78 Å². The van der Waals surface area contributed by atoms with Crippen LogP contribution < -0.4 is 11.1 Å². The molecular formula is C14H14ClN3O. The monoisotopic (exact) mass is 275 g/mol. The minimum absolute atomic E-state index is 0.123. The van der Waals surface area contributed by atoms with Crippen LogP contribution in [0.4, 0.5) is 11.4 Å². The van der Waals surface area contributed by atoms with E-state index < -0.39 is 0 Å². The fourth-order valence-corrected chi connectivity index (χ4v) is 1.89. The molecule has 0 unspecified atom stereocenters. The lowest BCUT2D eigenvalue weighted by Crippen LogP contribution is -2.15. The molecular weight excluding hydrogens is 262 g/mol. The predicted octanol–water partition coefficient (Wildman–Crippen LogP) is 2.81. The van der Waals surface area contributed by atoms with E-state index in [1.807, 2.05) is 6.92 Å². The highest BCUT2D eigenvalue weighted by atomic mass is 35.5. The second-order valence-corrected chi connectivity index (χ2v) is 4.70. The van der Waals surface area contributed by atoms with Crippen molar-refractivity contribution in [3.05, 3.63) is 52.8 Å². The fraction of sp³-hybridized carbons (Fsp3) is 0.143. The number of nitrogens with two attached hydrogens (primary N) is 1. The van der Waals surface area contributed by atoms with Crippen molar-refractivity contribution < 1.29 is 4.79 Å². The van der Waals surface area contributed by atoms with Crippen LogP contribution in [0.5, 0.6) is 0 Å². The molecule has 98 valence electrons. The van der Waals surface area contributed by atoms with Gasteiger partial charge in [-0.1, -0.05) is 11.6 Å².